The second-order valence-corrected chi connectivity index (χ2v) is 5.56. The van der Waals surface area contributed by atoms with E-state index in [0.29, 0.717) is 18.4 Å². The molecule has 0 saturated heterocycles. The van der Waals surface area contributed by atoms with Crippen LogP contribution >= 0.6 is 0 Å². The van der Waals surface area contributed by atoms with E-state index in [-0.39, 0.29) is 23.7 Å². The molecular formula is C17H20N2O4. The van der Waals surface area contributed by atoms with E-state index in [1.807, 2.05) is 26.8 Å². The number of nitrogens with zero attached hydrogens (tertiary/aromatic N) is 2. The van der Waals surface area contributed by atoms with Gasteiger partial charge in [-0.3, -0.25) is 9.98 Å². The smallest absolute Gasteiger partial charge is 0.340 e. The summed E-state index contributed by atoms with van der Waals surface area (Å²) in [7, 11) is 0. The van der Waals surface area contributed by atoms with Crippen LogP contribution in [0.15, 0.2) is 29.2 Å². The van der Waals surface area contributed by atoms with Crippen LogP contribution in [0, 0.1) is 0 Å². The molecular weight excluding hydrogens is 296 g/mol. The molecule has 0 aromatic carbocycles. The third-order valence-corrected chi connectivity index (χ3v) is 3.57. The number of allylic oxidation sites excluding steroid dienone is 2. The predicted molar refractivity (Wildman–Crippen MR) is 86.0 cm³/mol. The van der Waals surface area contributed by atoms with Crippen LogP contribution in [0.3, 0.4) is 0 Å². The number of aromatic carboxylic acids is 1. The third-order valence-electron chi connectivity index (χ3n) is 3.57. The number of carbonyl (C=O) groups is 2. The number of ether oxygens (including phenoxy) is 1. The number of carboxylic acid groups (broad SMARTS) is 1. The molecule has 0 spiro atoms. The molecule has 122 valence electrons. The molecule has 1 atom stereocenters. The van der Waals surface area contributed by atoms with Crippen LogP contribution in [0.4, 0.5) is 0 Å². The Morgan fingerprint density at radius 2 is 2.00 bits per heavy atom. The van der Waals surface area contributed by atoms with Gasteiger partial charge >= 0.3 is 11.9 Å². The Hall–Kier alpha value is -2.50. The van der Waals surface area contributed by atoms with Crippen molar-refractivity contribution >= 4 is 17.7 Å². The van der Waals surface area contributed by atoms with Crippen molar-refractivity contribution in [2.45, 2.75) is 39.5 Å². The van der Waals surface area contributed by atoms with Gasteiger partial charge in [-0.25, -0.2) is 9.59 Å². The lowest BCUT2D eigenvalue weighted by Gasteiger charge is -2.22. The molecule has 1 aromatic rings. The van der Waals surface area contributed by atoms with Crippen LogP contribution in [-0.2, 0) is 4.74 Å². The van der Waals surface area contributed by atoms with Gasteiger partial charge in [-0.05, 0) is 32.3 Å². The van der Waals surface area contributed by atoms with E-state index in [9.17, 15) is 14.7 Å². The van der Waals surface area contributed by atoms with E-state index < -0.39 is 11.9 Å². The molecule has 1 N–H and O–H groups in total. The maximum Gasteiger partial charge on any atom is 0.340 e. The number of pyridine rings is 1. The summed E-state index contributed by atoms with van der Waals surface area (Å²) in [6.45, 7) is 5.93. The Labute approximate surface area is 134 Å². The van der Waals surface area contributed by atoms with Gasteiger partial charge in [0.15, 0.2) is 0 Å². The Morgan fingerprint density at radius 1 is 1.30 bits per heavy atom. The lowest BCUT2D eigenvalue weighted by Crippen LogP contribution is -2.18. The van der Waals surface area contributed by atoms with Crippen LogP contribution in [0.2, 0.25) is 0 Å². The molecule has 1 aromatic heterocycles. The molecule has 0 aliphatic carbocycles. The summed E-state index contributed by atoms with van der Waals surface area (Å²) in [5.74, 6) is -1.88. The molecule has 0 saturated carbocycles. The molecule has 0 radical (unpaired) electrons. The number of carboxylic acids is 1. The Balaban J connectivity index is 2.52. The summed E-state index contributed by atoms with van der Waals surface area (Å²) in [5, 5.41) is 9.47. The SMILES string of the molecule is CCCOC(=O)c1cncc(C(=O)O)c1C1C=C(C)N=C(C)C1. The van der Waals surface area contributed by atoms with Crippen LogP contribution in [0.1, 0.15) is 65.8 Å². The zero-order valence-electron chi connectivity index (χ0n) is 13.5. The van der Waals surface area contributed by atoms with E-state index in [1.165, 1.54) is 12.4 Å². The van der Waals surface area contributed by atoms with Crippen molar-refractivity contribution in [1.29, 1.82) is 0 Å². The second-order valence-electron chi connectivity index (χ2n) is 5.56. The summed E-state index contributed by atoms with van der Waals surface area (Å²) in [6.07, 6.45) is 5.80. The normalized spacial score (nSPS) is 17.3. The van der Waals surface area contributed by atoms with Crippen LogP contribution in [0.5, 0.6) is 0 Å². The molecule has 23 heavy (non-hydrogen) atoms. The van der Waals surface area contributed by atoms with E-state index >= 15 is 0 Å². The zero-order chi connectivity index (χ0) is 17.0. The van der Waals surface area contributed by atoms with Crippen molar-refractivity contribution in [1.82, 2.24) is 4.98 Å². The van der Waals surface area contributed by atoms with Gasteiger partial charge in [0.1, 0.15) is 0 Å². The minimum absolute atomic E-state index is 0.0275. The maximum absolute atomic E-state index is 12.3. The monoisotopic (exact) mass is 316 g/mol. The predicted octanol–water partition coefficient (Wildman–Crippen LogP) is 3.20. The molecule has 0 amide bonds. The molecule has 1 aliphatic heterocycles. The van der Waals surface area contributed by atoms with E-state index in [1.54, 1.807) is 0 Å². The fraction of sp³-hybridized carbons (Fsp3) is 0.412. The molecule has 1 unspecified atom stereocenters. The van der Waals surface area contributed by atoms with Crippen molar-refractivity contribution in [2.75, 3.05) is 6.61 Å². The number of carbonyl (C=O) groups excluding carboxylic acids is 1. The highest BCUT2D eigenvalue weighted by Crippen LogP contribution is 2.32. The highest BCUT2D eigenvalue weighted by molar-refractivity contribution is 5.98. The first kappa shape index (κ1) is 16.9. The largest absolute Gasteiger partial charge is 0.478 e. The molecule has 2 heterocycles. The average Bonchev–Trinajstić information content (AvgIpc) is 2.50. The summed E-state index contributed by atoms with van der Waals surface area (Å²) in [5.41, 5.74) is 2.39. The number of rotatable bonds is 5. The van der Waals surface area contributed by atoms with Gasteiger partial charge < -0.3 is 9.84 Å². The van der Waals surface area contributed by atoms with Crippen molar-refractivity contribution < 1.29 is 19.4 Å². The minimum Gasteiger partial charge on any atom is -0.478 e. The quantitative estimate of drug-likeness (QED) is 0.843. The zero-order valence-corrected chi connectivity index (χ0v) is 13.5. The highest BCUT2D eigenvalue weighted by atomic mass is 16.5. The van der Waals surface area contributed by atoms with Crippen LogP contribution in [-0.4, -0.2) is 34.3 Å². The van der Waals surface area contributed by atoms with Crippen LogP contribution in [0.25, 0.3) is 0 Å². The van der Waals surface area contributed by atoms with Gasteiger partial charge in [0, 0.05) is 29.7 Å². The van der Waals surface area contributed by atoms with Gasteiger partial charge in [0.2, 0.25) is 0 Å². The van der Waals surface area contributed by atoms with E-state index in [0.717, 1.165) is 11.4 Å². The van der Waals surface area contributed by atoms with Crippen molar-refractivity contribution in [3.63, 3.8) is 0 Å². The van der Waals surface area contributed by atoms with Crippen molar-refractivity contribution in [3.8, 4) is 0 Å². The third kappa shape index (κ3) is 3.83. The van der Waals surface area contributed by atoms with E-state index in [2.05, 4.69) is 9.98 Å². The molecule has 2 rings (SSSR count). The number of hydrogen-bond acceptors (Lipinski definition) is 5. The van der Waals surface area contributed by atoms with Gasteiger partial charge in [0.05, 0.1) is 17.7 Å². The summed E-state index contributed by atoms with van der Waals surface area (Å²) in [4.78, 5) is 32.1. The number of esters is 1. The molecule has 0 fully saturated rings. The standard InChI is InChI=1S/C17H20N2O4/c1-4-5-23-17(22)14-9-18-8-13(16(20)21)15(14)12-6-10(2)19-11(3)7-12/h6,8-9,12H,4-5,7H2,1-3H3,(H,20,21). The first-order valence-electron chi connectivity index (χ1n) is 7.55. The lowest BCUT2D eigenvalue weighted by molar-refractivity contribution is 0.0503. The number of aliphatic imine (C=N–C) groups is 1. The summed E-state index contributed by atoms with van der Waals surface area (Å²) < 4.78 is 5.17. The molecule has 6 heteroatoms. The first-order chi connectivity index (χ1) is 10.9. The van der Waals surface area contributed by atoms with Gasteiger partial charge in [0.25, 0.3) is 0 Å². The fourth-order valence-electron chi connectivity index (χ4n) is 2.71. The first-order valence-corrected chi connectivity index (χ1v) is 7.55. The maximum atomic E-state index is 12.3. The van der Waals surface area contributed by atoms with Gasteiger partial charge in [-0.2, -0.15) is 0 Å². The Bertz CT molecular complexity index is 692. The summed E-state index contributed by atoms with van der Waals surface area (Å²) in [6, 6.07) is 0. The van der Waals surface area contributed by atoms with Crippen molar-refractivity contribution in [3.05, 3.63) is 40.9 Å². The summed E-state index contributed by atoms with van der Waals surface area (Å²) >= 11 is 0. The average molecular weight is 316 g/mol. The van der Waals surface area contributed by atoms with Crippen molar-refractivity contribution in [2.24, 2.45) is 4.99 Å². The second kappa shape index (κ2) is 7.17. The fourth-order valence-corrected chi connectivity index (χ4v) is 2.71. The molecule has 6 nitrogen and oxygen atoms in total. The highest BCUT2D eigenvalue weighted by Gasteiger charge is 2.27. The number of aromatic nitrogens is 1. The Kier molecular flexibility index (Phi) is 5.26. The van der Waals surface area contributed by atoms with Crippen LogP contribution < -0.4 is 0 Å². The topological polar surface area (TPSA) is 88.8 Å². The molecule has 0 bridgehead atoms. The lowest BCUT2D eigenvalue weighted by atomic mass is 9.86. The van der Waals surface area contributed by atoms with Gasteiger partial charge in [-0.1, -0.05) is 13.0 Å². The number of hydrogen-bond donors (Lipinski definition) is 1. The Morgan fingerprint density at radius 3 is 2.61 bits per heavy atom. The van der Waals surface area contributed by atoms with E-state index in [4.69, 9.17) is 4.74 Å². The van der Waals surface area contributed by atoms with Gasteiger partial charge in [-0.15, -0.1) is 0 Å². The molecule has 1 aliphatic rings. The minimum atomic E-state index is -1.11.